The number of hydrogen-bond acceptors (Lipinski definition) is 6. The van der Waals surface area contributed by atoms with E-state index < -0.39 is 35.7 Å². The van der Waals surface area contributed by atoms with E-state index in [2.05, 4.69) is 5.32 Å². The summed E-state index contributed by atoms with van der Waals surface area (Å²) in [6, 6.07) is 4.55. The number of aliphatic hydroxyl groups is 1. The zero-order valence-electron chi connectivity index (χ0n) is 16.2. The largest absolute Gasteiger partial charge is 0.493 e. The number of hydrogen-bond donors (Lipinski definition) is 2. The van der Waals surface area contributed by atoms with Crippen LogP contribution in [0.15, 0.2) is 35.7 Å². The van der Waals surface area contributed by atoms with Gasteiger partial charge in [-0.05, 0) is 17.5 Å². The third-order valence-corrected chi connectivity index (χ3v) is 5.98. The second kappa shape index (κ2) is 7.80. The van der Waals surface area contributed by atoms with Gasteiger partial charge in [-0.2, -0.15) is 13.2 Å². The Hall–Kier alpha value is -2.79. The Bertz CT molecular complexity index is 950. The average molecular weight is 444 g/mol. The van der Waals surface area contributed by atoms with Crippen LogP contribution in [0.3, 0.4) is 0 Å². The number of rotatable bonds is 5. The van der Waals surface area contributed by atoms with Gasteiger partial charge in [0.25, 0.3) is 5.72 Å². The van der Waals surface area contributed by atoms with Gasteiger partial charge in [0.1, 0.15) is 5.92 Å². The summed E-state index contributed by atoms with van der Waals surface area (Å²) in [5, 5.41) is 14.8. The van der Waals surface area contributed by atoms with Crippen molar-refractivity contribution in [1.82, 2.24) is 10.2 Å². The van der Waals surface area contributed by atoms with Crippen molar-refractivity contribution in [3.05, 3.63) is 46.2 Å². The second-order valence-corrected chi connectivity index (χ2v) is 7.56. The molecule has 1 aliphatic heterocycles. The lowest BCUT2D eigenvalue weighted by atomic mass is 9.77. The van der Waals surface area contributed by atoms with Gasteiger partial charge in [-0.3, -0.25) is 9.69 Å². The number of ketones is 1. The minimum Gasteiger partial charge on any atom is -0.493 e. The predicted octanol–water partition coefficient (Wildman–Crippen LogP) is 3.21. The molecular formula is C19H19F3N2O5S. The molecule has 0 spiro atoms. The van der Waals surface area contributed by atoms with Crippen molar-refractivity contribution in [2.24, 2.45) is 5.92 Å². The van der Waals surface area contributed by atoms with Gasteiger partial charge in [0.2, 0.25) is 0 Å². The minimum absolute atomic E-state index is 0.0130. The van der Waals surface area contributed by atoms with E-state index in [4.69, 9.17) is 9.47 Å². The molecule has 2 aromatic rings. The van der Waals surface area contributed by atoms with Gasteiger partial charge in [0.15, 0.2) is 17.3 Å². The van der Waals surface area contributed by atoms with Crippen molar-refractivity contribution in [1.29, 1.82) is 0 Å². The number of para-hydroxylation sites is 1. The summed E-state index contributed by atoms with van der Waals surface area (Å²) in [6.45, 7) is 0. The van der Waals surface area contributed by atoms with Crippen molar-refractivity contribution in [3.63, 3.8) is 0 Å². The highest BCUT2D eigenvalue weighted by Crippen LogP contribution is 2.50. The van der Waals surface area contributed by atoms with Crippen LogP contribution in [0.5, 0.6) is 11.5 Å². The zero-order chi connectivity index (χ0) is 22.3. The summed E-state index contributed by atoms with van der Waals surface area (Å²) in [6.07, 6.45) is -5.32. The Kier molecular flexibility index (Phi) is 5.70. The Morgan fingerprint density at radius 3 is 2.47 bits per heavy atom. The topological polar surface area (TPSA) is 88.1 Å². The summed E-state index contributed by atoms with van der Waals surface area (Å²) >= 11 is 0.938. The van der Waals surface area contributed by atoms with Crippen LogP contribution < -0.4 is 14.8 Å². The van der Waals surface area contributed by atoms with E-state index >= 15 is 0 Å². The maximum absolute atomic E-state index is 14.1. The number of amides is 2. The summed E-state index contributed by atoms with van der Waals surface area (Å²) in [7, 11) is 3.41. The molecule has 2 heterocycles. The Morgan fingerprint density at radius 1 is 1.23 bits per heavy atom. The number of halogens is 3. The van der Waals surface area contributed by atoms with E-state index in [-0.39, 0.29) is 26.8 Å². The average Bonchev–Trinajstić information content (AvgIpc) is 3.24. The van der Waals surface area contributed by atoms with Gasteiger partial charge in [-0.15, -0.1) is 11.3 Å². The fraction of sp³-hybridized carbons (Fsp3) is 0.368. The molecule has 1 aliphatic rings. The Balaban J connectivity index is 2.27. The quantitative estimate of drug-likeness (QED) is 0.692. The zero-order valence-corrected chi connectivity index (χ0v) is 17.0. The highest BCUT2D eigenvalue weighted by atomic mass is 32.1. The van der Waals surface area contributed by atoms with Gasteiger partial charge in [0.05, 0.1) is 25.1 Å². The van der Waals surface area contributed by atoms with Crippen molar-refractivity contribution in [2.75, 3.05) is 21.3 Å². The number of ether oxygens (including phenoxy) is 2. The van der Waals surface area contributed by atoms with Crippen LogP contribution in [0.25, 0.3) is 0 Å². The molecule has 0 aliphatic carbocycles. The number of Topliss-reactive ketones (excluding diaryl/α,β-unsaturated/α-hetero) is 1. The number of alkyl halides is 3. The van der Waals surface area contributed by atoms with E-state index in [0.29, 0.717) is 0 Å². The molecule has 2 N–H and O–H groups in total. The summed E-state index contributed by atoms with van der Waals surface area (Å²) < 4.78 is 52.9. The first-order valence-corrected chi connectivity index (χ1v) is 9.57. The third kappa shape index (κ3) is 3.27. The van der Waals surface area contributed by atoms with Crippen molar-refractivity contribution >= 4 is 23.2 Å². The molecule has 1 fully saturated rings. The van der Waals surface area contributed by atoms with E-state index in [1.165, 1.54) is 49.9 Å². The van der Waals surface area contributed by atoms with Crippen LogP contribution in [-0.4, -0.2) is 55.0 Å². The lowest BCUT2D eigenvalue weighted by Gasteiger charge is -2.49. The van der Waals surface area contributed by atoms with Crippen molar-refractivity contribution < 1.29 is 37.3 Å². The van der Waals surface area contributed by atoms with Crippen LogP contribution >= 0.6 is 11.3 Å². The lowest BCUT2D eigenvalue weighted by Crippen LogP contribution is -2.72. The van der Waals surface area contributed by atoms with Gasteiger partial charge in [0, 0.05) is 12.6 Å². The number of carbonyl (C=O) groups is 2. The molecule has 162 valence electrons. The number of methoxy groups -OCH3 is 2. The number of nitrogens with one attached hydrogen (secondary N) is 1. The van der Waals surface area contributed by atoms with E-state index in [9.17, 15) is 27.9 Å². The summed E-state index contributed by atoms with van der Waals surface area (Å²) in [5.41, 5.74) is -3.69. The molecule has 7 nitrogen and oxygen atoms in total. The van der Waals surface area contributed by atoms with Gasteiger partial charge in [-0.1, -0.05) is 18.2 Å². The Labute approximate surface area is 174 Å². The second-order valence-electron chi connectivity index (χ2n) is 6.61. The van der Waals surface area contributed by atoms with Gasteiger partial charge < -0.3 is 19.9 Å². The molecule has 0 bridgehead atoms. The molecule has 1 aromatic carbocycles. The number of urea groups is 1. The monoisotopic (exact) mass is 444 g/mol. The van der Waals surface area contributed by atoms with Gasteiger partial charge >= 0.3 is 12.2 Å². The number of thiophene rings is 1. The maximum atomic E-state index is 14.1. The first-order valence-electron chi connectivity index (χ1n) is 8.70. The van der Waals surface area contributed by atoms with Crippen molar-refractivity contribution in [2.45, 2.75) is 17.9 Å². The van der Waals surface area contributed by atoms with Crippen LogP contribution in [0.1, 0.15) is 21.3 Å². The molecule has 0 radical (unpaired) electrons. The lowest BCUT2D eigenvalue weighted by molar-refractivity contribution is -0.322. The molecule has 2 amide bonds. The SMILES string of the molecule is COc1cccc([C@@H]2NC(=O)N(C)[C@](O)(C(F)(F)F)[C@H]2C(=O)c2cccs2)c1OC. The highest BCUT2D eigenvalue weighted by Gasteiger charge is 2.69. The number of carbonyl (C=O) groups excluding carboxylic acids is 2. The third-order valence-electron chi connectivity index (χ3n) is 5.09. The summed E-state index contributed by atoms with van der Waals surface area (Å²) in [4.78, 5) is 25.8. The first-order chi connectivity index (χ1) is 14.1. The Morgan fingerprint density at radius 2 is 1.93 bits per heavy atom. The molecule has 1 aromatic heterocycles. The van der Waals surface area contributed by atoms with Crippen molar-refractivity contribution in [3.8, 4) is 11.5 Å². The minimum atomic E-state index is -5.32. The molecule has 11 heteroatoms. The van der Waals surface area contributed by atoms with Gasteiger partial charge in [-0.25, -0.2) is 4.79 Å². The normalized spacial score (nSPS) is 24.4. The van der Waals surface area contributed by atoms with Crippen LogP contribution in [0.2, 0.25) is 0 Å². The molecule has 0 saturated carbocycles. The number of benzene rings is 1. The van der Waals surface area contributed by atoms with E-state index in [1.54, 1.807) is 0 Å². The maximum Gasteiger partial charge on any atom is 0.437 e. The summed E-state index contributed by atoms with van der Waals surface area (Å²) in [5.74, 6) is -2.84. The predicted molar refractivity (Wildman–Crippen MR) is 102 cm³/mol. The molecule has 3 rings (SSSR count). The molecular weight excluding hydrogens is 425 g/mol. The highest BCUT2D eigenvalue weighted by molar-refractivity contribution is 7.12. The molecule has 1 saturated heterocycles. The first kappa shape index (κ1) is 21.9. The fourth-order valence-corrected chi connectivity index (χ4v) is 4.30. The standard InChI is InChI=1S/C19H19F3N2O5S/c1-24-17(26)23-14(10-6-4-7-11(28-2)16(10)29-3)13(18(24,27)19(20,21)22)15(25)12-8-5-9-30-12/h4-9,13-14,27H,1-3H3,(H,23,26)/t13-,14+,18-/m1/s1. The molecule has 0 unspecified atom stereocenters. The van der Waals surface area contributed by atoms with Crippen LogP contribution in [0, 0.1) is 5.92 Å². The number of nitrogens with zero attached hydrogens (tertiary/aromatic N) is 1. The van der Waals surface area contributed by atoms with E-state index in [0.717, 1.165) is 18.4 Å². The molecule has 3 atom stereocenters. The van der Waals surface area contributed by atoms with Crippen LogP contribution in [-0.2, 0) is 0 Å². The fourth-order valence-electron chi connectivity index (χ4n) is 3.60. The van der Waals surface area contributed by atoms with Crippen LogP contribution in [0.4, 0.5) is 18.0 Å². The van der Waals surface area contributed by atoms with E-state index in [1.807, 2.05) is 0 Å². The molecule has 30 heavy (non-hydrogen) atoms. The smallest absolute Gasteiger partial charge is 0.437 e.